The monoisotopic (exact) mass is 336 g/mol. The van der Waals surface area contributed by atoms with Crippen molar-refractivity contribution in [2.24, 2.45) is 0 Å². The first-order valence-electron chi connectivity index (χ1n) is 8.93. The highest BCUT2D eigenvalue weighted by Crippen LogP contribution is 2.26. The second-order valence-electron chi connectivity index (χ2n) is 6.57. The van der Waals surface area contributed by atoms with Gasteiger partial charge in [-0.1, -0.05) is 97.1 Å². The van der Waals surface area contributed by atoms with Gasteiger partial charge in [0.25, 0.3) is 0 Å². The van der Waals surface area contributed by atoms with E-state index in [9.17, 15) is 4.79 Å². The van der Waals surface area contributed by atoms with Crippen molar-refractivity contribution in [3.8, 4) is 0 Å². The van der Waals surface area contributed by atoms with Gasteiger partial charge in [-0.15, -0.1) is 0 Å². The lowest BCUT2D eigenvalue weighted by Crippen LogP contribution is -2.05. The van der Waals surface area contributed by atoms with Crippen LogP contribution in [0.1, 0.15) is 27.0 Å². The first kappa shape index (κ1) is 16.3. The molecule has 1 nitrogen and oxygen atoms in total. The summed E-state index contributed by atoms with van der Waals surface area (Å²) in [6.45, 7) is 0. The molecular formula is C25H20O. The van der Waals surface area contributed by atoms with Crippen LogP contribution in [0.15, 0.2) is 97.1 Å². The van der Waals surface area contributed by atoms with E-state index in [2.05, 4.69) is 48.5 Å². The number of carbonyl (C=O) groups is 1. The Morgan fingerprint density at radius 2 is 1.23 bits per heavy atom. The summed E-state index contributed by atoms with van der Waals surface area (Å²) in [4.78, 5) is 13.0. The maximum Gasteiger partial charge on any atom is 0.167 e. The third-order valence-electron chi connectivity index (χ3n) is 4.74. The molecule has 0 unspecified atom stereocenters. The van der Waals surface area contributed by atoms with Crippen molar-refractivity contribution in [1.29, 1.82) is 0 Å². The maximum atomic E-state index is 13.0. The molecule has 0 aromatic heterocycles. The maximum absolute atomic E-state index is 13.0. The quantitative estimate of drug-likeness (QED) is 0.417. The fraction of sp³-hybridized carbons (Fsp3) is 0.0800. The zero-order chi connectivity index (χ0) is 17.8. The standard InChI is InChI=1S/C25H20O/c26-24(18-20-11-5-2-6-12-20)23-16-8-14-21-13-7-15-22(25(21)23)17-19-9-3-1-4-10-19/h1-16H,17-18H2. The zero-order valence-corrected chi connectivity index (χ0v) is 14.6. The molecule has 0 aliphatic rings. The second-order valence-corrected chi connectivity index (χ2v) is 6.57. The lowest BCUT2D eigenvalue weighted by atomic mass is 9.91. The summed E-state index contributed by atoms with van der Waals surface area (Å²) in [6, 6.07) is 32.7. The van der Waals surface area contributed by atoms with Crippen LogP contribution in [0.3, 0.4) is 0 Å². The van der Waals surface area contributed by atoms with Crippen LogP contribution in [0.2, 0.25) is 0 Å². The van der Waals surface area contributed by atoms with Gasteiger partial charge >= 0.3 is 0 Å². The van der Waals surface area contributed by atoms with Crippen molar-refractivity contribution >= 4 is 16.6 Å². The van der Waals surface area contributed by atoms with E-state index < -0.39 is 0 Å². The van der Waals surface area contributed by atoms with Crippen molar-refractivity contribution in [2.75, 3.05) is 0 Å². The molecule has 0 saturated carbocycles. The summed E-state index contributed by atoms with van der Waals surface area (Å²) in [7, 11) is 0. The molecule has 0 heterocycles. The minimum Gasteiger partial charge on any atom is -0.294 e. The average molecular weight is 336 g/mol. The van der Waals surface area contributed by atoms with E-state index in [0.717, 1.165) is 28.3 Å². The summed E-state index contributed by atoms with van der Waals surface area (Å²) >= 11 is 0. The van der Waals surface area contributed by atoms with Crippen LogP contribution in [0.25, 0.3) is 10.8 Å². The van der Waals surface area contributed by atoms with Gasteiger partial charge in [-0.2, -0.15) is 0 Å². The molecule has 4 aromatic rings. The van der Waals surface area contributed by atoms with Crippen molar-refractivity contribution in [1.82, 2.24) is 0 Å². The molecule has 4 aromatic carbocycles. The molecule has 0 N–H and O–H groups in total. The molecule has 126 valence electrons. The Balaban J connectivity index is 1.76. The summed E-state index contributed by atoms with van der Waals surface area (Å²) in [6.07, 6.45) is 1.26. The van der Waals surface area contributed by atoms with Crippen LogP contribution in [0, 0.1) is 0 Å². The normalized spacial score (nSPS) is 10.8. The summed E-state index contributed by atoms with van der Waals surface area (Å²) in [5.74, 6) is 0.169. The Kier molecular flexibility index (Phi) is 4.61. The third-order valence-corrected chi connectivity index (χ3v) is 4.74. The van der Waals surface area contributed by atoms with Crippen LogP contribution < -0.4 is 0 Å². The number of hydrogen-bond donors (Lipinski definition) is 0. The van der Waals surface area contributed by atoms with Crippen LogP contribution >= 0.6 is 0 Å². The SMILES string of the molecule is O=C(Cc1ccccc1)c1cccc2cccc(Cc3ccccc3)c12. The van der Waals surface area contributed by atoms with Gasteiger partial charge in [0.15, 0.2) is 5.78 Å². The van der Waals surface area contributed by atoms with Gasteiger partial charge in [0.05, 0.1) is 0 Å². The Morgan fingerprint density at radius 3 is 1.92 bits per heavy atom. The predicted molar refractivity (Wildman–Crippen MR) is 108 cm³/mol. The van der Waals surface area contributed by atoms with E-state index in [1.807, 2.05) is 48.5 Å². The molecule has 0 atom stereocenters. The molecule has 0 amide bonds. The van der Waals surface area contributed by atoms with Gasteiger partial charge in [0.1, 0.15) is 0 Å². The van der Waals surface area contributed by atoms with Crippen LogP contribution in [-0.4, -0.2) is 5.78 Å². The summed E-state index contributed by atoms with van der Waals surface area (Å²) < 4.78 is 0. The Labute approximate surface area is 153 Å². The highest BCUT2D eigenvalue weighted by atomic mass is 16.1. The highest BCUT2D eigenvalue weighted by molar-refractivity contribution is 6.10. The smallest absolute Gasteiger partial charge is 0.167 e. The van der Waals surface area contributed by atoms with Gasteiger partial charge in [0, 0.05) is 12.0 Å². The van der Waals surface area contributed by atoms with E-state index in [1.165, 1.54) is 11.1 Å². The lowest BCUT2D eigenvalue weighted by Gasteiger charge is -2.12. The summed E-state index contributed by atoms with van der Waals surface area (Å²) in [5, 5.41) is 2.21. The molecule has 0 spiro atoms. The number of fused-ring (bicyclic) bond motifs is 1. The molecule has 0 aliphatic heterocycles. The van der Waals surface area contributed by atoms with Gasteiger partial charge in [-0.3, -0.25) is 4.79 Å². The topological polar surface area (TPSA) is 17.1 Å². The van der Waals surface area contributed by atoms with E-state index in [-0.39, 0.29) is 5.78 Å². The number of ketones is 1. The van der Waals surface area contributed by atoms with Gasteiger partial charge in [0.2, 0.25) is 0 Å². The van der Waals surface area contributed by atoms with E-state index >= 15 is 0 Å². The molecular weight excluding hydrogens is 316 g/mol. The third kappa shape index (κ3) is 3.43. The minimum absolute atomic E-state index is 0.169. The van der Waals surface area contributed by atoms with E-state index in [0.29, 0.717) is 6.42 Å². The highest BCUT2D eigenvalue weighted by Gasteiger charge is 2.14. The molecule has 1 heteroatoms. The zero-order valence-electron chi connectivity index (χ0n) is 14.6. The van der Waals surface area contributed by atoms with Crippen molar-refractivity contribution < 1.29 is 4.79 Å². The van der Waals surface area contributed by atoms with Gasteiger partial charge in [-0.05, 0) is 33.9 Å². The van der Waals surface area contributed by atoms with Crippen LogP contribution in [0.4, 0.5) is 0 Å². The molecule has 0 fully saturated rings. The Morgan fingerprint density at radius 1 is 0.615 bits per heavy atom. The molecule has 0 saturated heterocycles. The lowest BCUT2D eigenvalue weighted by molar-refractivity contribution is 0.0994. The fourth-order valence-electron chi connectivity index (χ4n) is 3.49. The van der Waals surface area contributed by atoms with Gasteiger partial charge < -0.3 is 0 Å². The number of benzene rings is 4. The molecule has 4 rings (SSSR count). The fourth-order valence-corrected chi connectivity index (χ4v) is 3.49. The average Bonchev–Trinajstić information content (AvgIpc) is 2.69. The van der Waals surface area contributed by atoms with Crippen molar-refractivity contribution in [3.63, 3.8) is 0 Å². The largest absolute Gasteiger partial charge is 0.294 e. The first-order valence-corrected chi connectivity index (χ1v) is 8.93. The molecule has 0 radical (unpaired) electrons. The molecule has 0 aliphatic carbocycles. The molecule has 0 bridgehead atoms. The Bertz CT molecular complexity index is 1030. The second kappa shape index (κ2) is 7.37. The van der Waals surface area contributed by atoms with E-state index in [1.54, 1.807) is 0 Å². The predicted octanol–water partition coefficient (Wildman–Crippen LogP) is 5.86. The van der Waals surface area contributed by atoms with Crippen LogP contribution in [0.5, 0.6) is 0 Å². The Hall–Kier alpha value is -3.19. The number of rotatable bonds is 5. The number of Topliss-reactive ketones (excluding diaryl/α,β-unsaturated/α-hetero) is 1. The van der Waals surface area contributed by atoms with Gasteiger partial charge in [-0.25, -0.2) is 0 Å². The molecule has 26 heavy (non-hydrogen) atoms. The number of carbonyl (C=O) groups excluding carboxylic acids is 1. The minimum atomic E-state index is 0.169. The van der Waals surface area contributed by atoms with Crippen LogP contribution in [-0.2, 0) is 12.8 Å². The number of hydrogen-bond acceptors (Lipinski definition) is 1. The first-order chi connectivity index (χ1) is 12.8. The van der Waals surface area contributed by atoms with Crippen molar-refractivity contribution in [2.45, 2.75) is 12.8 Å². The van der Waals surface area contributed by atoms with Crippen molar-refractivity contribution in [3.05, 3.63) is 119 Å². The van der Waals surface area contributed by atoms with E-state index in [4.69, 9.17) is 0 Å². The summed E-state index contributed by atoms with van der Waals surface area (Å²) in [5.41, 5.74) is 4.32.